The molecule has 1 amide bonds. The van der Waals surface area contributed by atoms with Crippen LogP contribution < -0.4 is 15.4 Å². The molecular formula is C25H32F3N5O2S. The number of hydrogen-bond donors (Lipinski definition) is 2. The second-order valence-corrected chi connectivity index (χ2v) is 9.20. The zero-order valence-corrected chi connectivity index (χ0v) is 21.3. The Labute approximate surface area is 215 Å². The number of unbranched alkanes of at least 4 members (excludes halogenated alkanes) is 2. The molecule has 36 heavy (non-hydrogen) atoms. The monoisotopic (exact) mass is 523 g/mol. The van der Waals surface area contributed by atoms with Crippen LogP contribution in [0.2, 0.25) is 0 Å². The second kappa shape index (κ2) is 13.0. The smallest absolute Gasteiger partial charge is 0.420 e. The molecule has 2 heterocycles. The van der Waals surface area contributed by atoms with E-state index in [4.69, 9.17) is 17.0 Å². The number of rotatable bonds is 9. The van der Waals surface area contributed by atoms with E-state index in [-0.39, 0.29) is 23.2 Å². The minimum Gasteiger partial charge on any atom is -0.493 e. The SMILES string of the molecule is CCCCCOc1ccc(NC(=S)NC(=O)c2ccc(CN3CCN(C)CC3)nc2)cc1C(F)(F)F. The highest BCUT2D eigenvalue weighted by molar-refractivity contribution is 7.80. The summed E-state index contributed by atoms with van der Waals surface area (Å²) in [5.74, 6) is -0.736. The number of aromatic nitrogens is 1. The van der Waals surface area contributed by atoms with E-state index < -0.39 is 17.6 Å². The normalized spacial score (nSPS) is 14.9. The van der Waals surface area contributed by atoms with Crippen LogP contribution in [0.4, 0.5) is 18.9 Å². The van der Waals surface area contributed by atoms with Crippen LogP contribution >= 0.6 is 12.2 Å². The molecule has 2 aromatic rings. The van der Waals surface area contributed by atoms with Crippen molar-refractivity contribution < 1.29 is 22.7 Å². The number of pyridine rings is 1. The standard InChI is InChI=1S/C25H32F3N5O2S/c1-3-4-5-14-35-22-9-8-19(15-21(22)25(26,27)28)30-24(36)31-23(34)18-6-7-20(29-16-18)17-33-12-10-32(2)11-13-33/h6-9,15-16H,3-5,10-14,17H2,1-2H3,(H2,30,31,34,36). The van der Waals surface area contributed by atoms with Gasteiger partial charge in [0, 0.05) is 44.6 Å². The average molecular weight is 524 g/mol. The molecule has 0 unspecified atom stereocenters. The summed E-state index contributed by atoms with van der Waals surface area (Å²) >= 11 is 5.14. The van der Waals surface area contributed by atoms with Gasteiger partial charge in [-0.25, -0.2) is 0 Å². The van der Waals surface area contributed by atoms with Crippen LogP contribution in [0.1, 0.15) is 47.8 Å². The van der Waals surface area contributed by atoms with E-state index in [0.717, 1.165) is 50.8 Å². The molecule has 2 N–H and O–H groups in total. The van der Waals surface area contributed by atoms with Crippen molar-refractivity contribution in [3.63, 3.8) is 0 Å². The van der Waals surface area contributed by atoms with E-state index in [1.807, 2.05) is 6.92 Å². The maximum atomic E-state index is 13.5. The summed E-state index contributed by atoms with van der Waals surface area (Å²) in [5, 5.41) is 5.01. The van der Waals surface area contributed by atoms with Crippen molar-refractivity contribution in [2.75, 3.05) is 45.2 Å². The van der Waals surface area contributed by atoms with Gasteiger partial charge in [0.25, 0.3) is 5.91 Å². The van der Waals surface area contributed by atoms with E-state index in [1.54, 1.807) is 12.1 Å². The summed E-state index contributed by atoms with van der Waals surface area (Å²) in [6.45, 7) is 6.85. The minimum atomic E-state index is -4.60. The molecule has 0 saturated carbocycles. The summed E-state index contributed by atoms with van der Waals surface area (Å²) in [7, 11) is 2.09. The highest BCUT2D eigenvalue weighted by Gasteiger charge is 2.35. The number of hydrogen-bond acceptors (Lipinski definition) is 6. The Kier molecular flexibility index (Phi) is 10.0. The van der Waals surface area contributed by atoms with Crippen LogP contribution in [0.5, 0.6) is 5.75 Å². The van der Waals surface area contributed by atoms with Gasteiger partial charge in [-0.15, -0.1) is 0 Å². The van der Waals surface area contributed by atoms with Crippen LogP contribution in [0.3, 0.4) is 0 Å². The fraction of sp³-hybridized carbons (Fsp3) is 0.480. The van der Waals surface area contributed by atoms with Gasteiger partial charge in [-0.05, 0) is 56.0 Å². The van der Waals surface area contributed by atoms with Gasteiger partial charge in [-0.2, -0.15) is 13.2 Å². The second-order valence-electron chi connectivity index (χ2n) is 8.79. The predicted octanol–water partition coefficient (Wildman–Crippen LogP) is 4.54. The van der Waals surface area contributed by atoms with Crippen LogP contribution in [0.15, 0.2) is 36.5 Å². The average Bonchev–Trinajstić information content (AvgIpc) is 2.83. The highest BCUT2D eigenvalue weighted by atomic mass is 32.1. The van der Waals surface area contributed by atoms with Gasteiger partial charge in [0.15, 0.2) is 5.11 Å². The third-order valence-electron chi connectivity index (χ3n) is 5.84. The van der Waals surface area contributed by atoms with E-state index in [0.29, 0.717) is 18.5 Å². The molecule has 0 radical (unpaired) electrons. The Morgan fingerprint density at radius 1 is 1.14 bits per heavy atom. The summed E-state index contributed by atoms with van der Waals surface area (Å²) in [5.41, 5.74) is 0.342. The number of alkyl halides is 3. The number of benzene rings is 1. The predicted molar refractivity (Wildman–Crippen MR) is 137 cm³/mol. The summed E-state index contributed by atoms with van der Waals surface area (Å²) in [6.07, 6.45) is -0.632. The zero-order chi connectivity index (χ0) is 26.1. The number of anilines is 1. The van der Waals surface area contributed by atoms with Crippen molar-refractivity contribution in [1.82, 2.24) is 20.1 Å². The first-order valence-electron chi connectivity index (χ1n) is 12.0. The van der Waals surface area contributed by atoms with Crippen molar-refractivity contribution in [3.8, 4) is 5.75 Å². The number of likely N-dealkylation sites (N-methyl/N-ethyl adjacent to an activating group) is 1. The fourth-order valence-electron chi connectivity index (χ4n) is 3.71. The molecule has 7 nitrogen and oxygen atoms in total. The lowest BCUT2D eigenvalue weighted by Crippen LogP contribution is -2.44. The highest BCUT2D eigenvalue weighted by Crippen LogP contribution is 2.38. The number of nitrogens with one attached hydrogen (secondary N) is 2. The van der Waals surface area contributed by atoms with E-state index in [9.17, 15) is 18.0 Å². The van der Waals surface area contributed by atoms with Crippen LogP contribution in [-0.2, 0) is 12.7 Å². The number of halogens is 3. The van der Waals surface area contributed by atoms with Gasteiger partial charge in [0.05, 0.1) is 23.4 Å². The lowest BCUT2D eigenvalue weighted by molar-refractivity contribution is -0.138. The molecule has 0 bridgehead atoms. The number of carbonyl (C=O) groups is 1. The number of amides is 1. The van der Waals surface area contributed by atoms with E-state index in [1.165, 1.54) is 18.3 Å². The molecule has 1 aliphatic heterocycles. The first kappa shape index (κ1) is 27.8. The molecule has 1 aromatic heterocycles. The molecule has 11 heteroatoms. The fourth-order valence-corrected chi connectivity index (χ4v) is 3.92. The Morgan fingerprint density at radius 3 is 2.53 bits per heavy atom. The molecule has 3 rings (SSSR count). The van der Waals surface area contributed by atoms with Gasteiger partial charge in [0.1, 0.15) is 5.75 Å². The number of piperazine rings is 1. The van der Waals surface area contributed by atoms with Crippen LogP contribution in [-0.4, -0.2) is 65.6 Å². The number of nitrogens with zero attached hydrogens (tertiary/aromatic N) is 3. The molecule has 0 spiro atoms. The topological polar surface area (TPSA) is 69.7 Å². The largest absolute Gasteiger partial charge is 0.493 e. The third-order valence-corrected chi connectivity index (χ3v) is 6.05. The first-order chi connectivity index (χ1) is 17.2. The molecule has 1 aromatic carbocycles. The number of thiocarbonyl (C=S) groups is 1. The van der Waals surface area contributed by atoms with Crippen molar-refractivity contribution in [3.05, 3.63) is 53.3 Å². The van der Waals surface area contributed by atoms with E-state index in [2.05, 4.69) is 32.5 Å². The summed E-state index contributed by atoms with van der Waals surface area (Å²) in [6, 6.07) is 7.05. The molecule has 1 saturated heterocycles. The van der Waals surface area contributed by atoms with Crippen LogP contribution in [0, 0.1) is 0 Å². The molecule has 0 atom stereocenters. The third kappa shape index (κ3) is 8.42. The number of ether oxygens (including phenoxy) is 1. The minimum absolute atomic E-state index is 0.0918. The quantitative estimate of drug-likeness (QED) is 0.369. The molecular weight excluding hydrogens is 491 g/mol. The van der Waals surface area contributed by atoms with Gasteiger partial charge < -0.3 is 15.0 Å². The molecule has 0 aliphatic carbocycles. The van der Waals surface area contributed by atoms with Crippen molar-refractivity contribution in [2.24, 2.45) is 0 Å². The van der Waals surface area contributed by atoms with Gasteiger partial charge in [0.2, 0.25) is 0 Å². The maximum Gasteiger partial charge on any atom is 0.420 e. The summed E-state index contributed by atoms with van der Waals surface area (Å²) < 4.78 is 46.0. The zero-order valence-electron chi connectivity index (χ0n) is 20.5. The molecule has 1 aliphatic rings. The summed E-state index contributed by atoms with van der Waals surface area (Å²) in [4.78, 5) is 21.5. The van der Waals surface area contributed by atoms with E-state index >= 15 is 0 Å². The van der Waals surface area contributed by atoms with Gasteiger partial charge >= 0.3 is 6.18 Å². The van der Waals surface area contributed by atoms with Crippen molar-refractivity contribution >= 4 is 28.9 Å². The number of carbonyl (C=O) groups excluding carboxylic acids is 1. The van der Waals surface area contributed by atoms with Crippen molar-refractivity contribution in [2.45, 2.75) is 38.9 Å². The Bertz CT molecular complexity index is 1030. The molecule has 1 fully saturated rings. The first-order valence-corrected chi connectivity index (χ1v) is 12.4. The van der Waals surface area contributed by atoms with Crippen LogP contribution in [0.25, 0.3) is 0 Å². The Morgan fingerprint density at radius 2 is 1.89 bits per heavy atom. The van der Waals surface area contributed by atoms with Gasteiger partial charge in [-0.3, -0.25) is 20.0 Å². The Hall–Kier alpha value is -2.76. The van der Waals surface area contributed by atoms with Gasteiger partial charge in [-0.1, -0.05) is 19.8 Å². The Balaban J connectivity index is 1.56. The molecule has 196 valence electrons. The van der Waals surface area contributed by atoms with Crippen molar-refractivity contribution in [1.29, 1.82) is 0 Å². The lowest BCUT2D eigenvalue weighted by atomic mass is 10.1. The lowest BCUT2D eigenvalue weighted by Gasteiger charge is -2.32. The maximum absolute atomic E-state index is 13.5.